The summed E-state index contributed by atoms with van der Waals surface area (Å²) in [5.41, 5.74) is -1.53. The molecule has 1 atom stereocenters. The number of aliphatic hydroxyl groups is 1. The van der Waals surface area contributed by atoms with Crippen LogP contribution in [-0.2, 0) is 16.0 Å². The van der Waals surface area contributed by atoms with Gasteiger partial charge < -0.3 is 10.4 Å². The van der Waals surface area contributed by atoms with Crippen molar-refractivity contribution >= 4 is 17.5 Å². The van der Waals surface area contributed by atoms with E-state index in [9.17, 15) is 23.5 Å². The van der Waals surface area contributed by atoms with Gasteiger partial charge in [-0.15, -0.1) is 0 Å². The van der Waals surface area contributed by atoms with Gasteiger partial charge in [-0.3, -0.25) is 9.59 Å². The zero-order chi connectivity index (χ0) is 18.4. The predicted octanol–water partition coefficient (Wildman–Crippen LogP) is 1.69. The van der Waals surface area contributed by atoms with Crippen LogP contribution in [0.4, 0.5) is 8.78 Å². The van der Waals surface area contributed by atoms with Crippen LogP contribution in [-0.4, -0.2) is 46.3 Å². The molecule has 2 amide bonds. The summed E-state index contributed by atoms with van der Waals surface area (Å²) in [6.07, 6.45) is -2.20. The molecule has 0 bridgehead atoms. The second-order valence-corrected chi connectivity index (χ2v) is 5.88. The van der Waals surface area contributed by atoms with Crippen LogP contribution in [0.1, 0.15) is 31.7 Å². The molecule has 136 valence electrons. The summed E-state index contributed by atoms with van der Waals surface area (Å²) in [6.45, 7) is 1.99. The van der Waals surface area contributed by atoms with Crippen LogP contribution in [0.3, 0.4) is 0 Å². The van der Waals surface area contributed by atoms with Crippen LogP contribution < -0.4 is 5.32 Å². The fraction of sp³-hybridized carbons (Fsp3) is 0.471. The molecule has 6 nitrogen and oxygen atoms in total. The van der Waals surface area contributed by atoms with Gasteiger partial charge in [0.05, 0.1) is 0 Å². The SMILES string of the molecule is CCCC1=NN(C(=O)C(=O)NCCc2ccccc2)C(O)(C(F)F)C1. The number of nitrogens with zero attached hydrogens (tertiary/aromatic N) is 2. The lowest BCUT2D eigenvalue weighted by Gasteiger charge is -2.29. The molecular formula is C17H21F2N3O3. The van der Waals surface area contributed by atoms with Gasteiger partial charge in [-0.25, -0.2) is 8.78 Å². The number of alkyl halides is 2. The van der Waals surface area contributed by atoms with Crippen LogP contribution in [0.15, 0.2) is 35.4 Å². The summed E-state index contributed by atoms with van der Waals surface area (Å²) < 4.78 is 26.5. The van der Waals surface area contributed by atoms with Crippen molar-refractivity contribution in [2.45, 2.75) is 44.8 Å². The number of hydrogen-bond acceptors (Lipinski definition) is 4. The van der Waals surface area contributed by atoms with Gasteiger partial charge in [-0.1, -0.05) is 43.7 Å². The van der Waals surface area contributed by atoms with E-state index in [1.54, 1.807) is 0 Å². The Balaban J connectivity index is 1.99. The van der Waals surface area contributed by atoms with Crippen LogP contribution in [0, 0.1) is 0 Å². The number of benzene rings is 1. The second kappa shape index (κ2) is 8.15. The maximum atomic E-state index is 13.2. The van der Waals surface area contributed by atoms with Gasteiger partial charge in [0.2, 0.25) is 5.72 Å². The molecule has 0 radical (unpaired) electrons. The number of hydrogen-bond donors (Lipinski definition) is 2. The van der Waals surface area contributed by atoms with Crippen molar-refractivity contribution in [3.8, 4) is 0 Å². The number of carbonyl (C=O) groups excluding carboxylic acids is 2. The molecule has 1 aliphatic heterocycles. The van der Waals surface area contributed by atoms with Gasteiger partial charge in [0.25, 0.3) is 6.43 Å². The third-order valence-electron chi connectivity index (χ3n) is 3.89. The zero-order valence-electron chi connectivity index (χ0n) is 13.9. The highest BCUT2D eigenvalue weighted by atomic mass is 19.3. The van der Waals surface area contributed by atoms with Crippen molar-refractivity contribution in [2.75, 3.05) is 6.54 Å². The van der Waals surface area contributed by atoms with Crippen LogP contribution in [0.2, 0.25) is 0 Å². The summed E-state index contributed by atoms with van der Waals surface area (Å²) in [4.78, 5) is 24.1. The van der Waals surface area contributed by atoms with Gasteiger partial charge in [0.15, 0.2) is 0 Å². The normalized spacial score (nSPS) is 19.9. The molecule has 0 saturated carbocycles. The van der Waals surface area contributed by atoms with Crippen molar-refractivity contribution in [1.29, 1.82) is 0 Å². The minimum absolute atomic E-state index is 0.168. The Labute approximate surface area is 144 Å². The number of nitrogens with one attached hydrogen (secondary N) is 1. The standard InChI is InChI=1S/C17H21F2N3O3/c1-2-6-13-11-17(25,16(18)19)22(21-13)15(24)14(23)20-10-9-12-7-4-3-5-8-12/h3-5,7-8,16,25H,2,6,9-11H2,1H3,(H,20,23). The Hall–Kier alpha value is -2.35. The average Bonchev–Trinajstić information content (AvgIpc) is 2.93. The van der Waals surface area contributed by atoms with Crippen molar-refractivity contribution in [2.24, 2.45) is 5.10 Å². The second-order valence-electron chi connectivity index (χ2n) is 5.88. The molecule has 0 aromatic heterocycles. The van der Waals surface area contributed by atoms with E-state index < -0.39 is 30.4 Å². The van der Waals surface area contributed by atoms with E-state index in [1.165, 1.54) is 0 Å². The summed E-state index contributed by atoms with van der Waals surface area (Å²) in [5, 5.41) is 16.5. The molecule has 0 spiro atoms. The number of rotatable bonds is 6. The maximum absolute atomic E-state index is 13.2. The summed E-state index contributed by atoms with van der Waals surface area (Å²) >= 11 is 0. The molecule has 1 aromatic carbocycles. The van der Waals surface area contributed by atoms with Crippen molar-refractivity contribution in [3.05, 3.63) is 35.9 Å². The molecule has 1 heterocycles. The molecule has 25 heavy (non-hydrogen) atoms. The Kier molecular flexibility index (Phi) is 6.19. The summed E-state index contributed by atoms with van der Waals surface area (Å²) in [6, 6.07) is 9.28. The van der Waals surface area contributed by atoms with Gasteiger partial charge >= 0.3 is 11.8 Å². The number of halogens is 2. The Morgan fingerprint density at radius 1 is 1.32 bits per heavy atom. The summed E-state index contributed by atoms with van der Waals surface area (Å²) in [7, 11) is 0. The Morgan fingerprint density at radius 2 is 2.00 bits per heavy atom. The van der Waals surface area contributed by atoms with E-state index in [-0.39, 0.29) is 17.3 Å². The minimum atomic E-state index is -3.23. The predicted molar refractivity (Wildman–Crippen MR) is 87.9 cm³/mol. The summed E-state index contributed by atoms with van der Waals surface area (Å²) in [5.74, 6) is -2.36. The third kappa shape index (κ3) is 4.39. The van der Waals surface area contributed by atoms with E-state index in [4.69, 9.17) is 0 Å². The fourth-order valence-electron chi connectivity index (χ4n) is 2.59. The molecule has 2 N–H and O–H groups in total. The molecule has 0 fully saturated rings. The number of amides is 2. The molecule has 0 saturated heterocycles. The quantitative estimate of drug-likeness (QED) is 0.764. The molecule has 0 aliphatic carbocycles. The lowest BCUT2D eigenvalue weighted by atomic mass is 10.0. The lowest BCUT2D eigenvalue weighted by Crippen LogP contribution is -2.55. The van der Waals surface area contributed by atoms with Crippen molar-refractivity contribution in [1.82, 2.24) is 10.3 Å². The van der Waals surface area contributed by atoms with Gasteiger partial charge in [0.1, 0.15) is 0 Å². The van der Waals surface area contributed by atoms with Crippen LogP contribution in [0.5, 0.6) is 0 Å². The Morgan fingerprint density at radius 3 is 2.60 bits per heavy atom. The first-order valence-corrected chi connectivity index (χ1v) is 8.11. The van der Waals surface area contributed by atoms with E-state index in [2.05, 4.69) is 10.4 Å². The fourth-order valence-corrected chi connectivity index (χ4v) is 2.59. The highest BCUT2D eigenvalue weighted by Gasteiger charge is 2.52. The number of hydrazone groups is 1. The van der Waals surface area contributed by atoms with Crippen LogP contribution in [0.25, 0.3) is 0 Å². The largest absolute Gasteiger partial charge is 0.364 e. The first kappa shape index (κ1) is 19.0. The van der Waals surface area contributed by atoms with E-state index in [0.29, 0.717) is 19.3 Å². The topological polar surface area (TPSA) is 82.0 Å². The van der Waals surface area contributed by atoms with E-state index >= 15 is 0 Å². The highest BCUT2D eigenvalue weighted by molar-refractivity contribution is 6.35. The van der Waals surface area contributed by atoms with Crippen LogP contribution >= 0.6 is 0 Å². The number of carbonyl (C=O) groups is 2. The van der Waals surface area contributed by atoms with Crippen molar-refractivity contribution in [3.63, 3.8) is 0 Å². The molecular weight excluding hydrogens is 332 g/mol. The molecule has 2 rings (SSSR count). The van der Waals surface area contributed by atoms with Gasteiger partial charge in [-0.2, -0.15) is 10.1 Å². The van der Waals surface area contributed by atoms with E-state index in [0.717, 1.165) is 5.56 Å². The van der Waals surface area contributed by atoms with Gasteiger partial charge in [-0.05, 0) is 18.4 Å². The molecule has 1 unspecified atom stereocenters. The van der Waals surface area contributed by atoms with Gasteiger partial charge in [0, 0.05) is 18.7 Å². The Bertz CT molecular complexity index is 652. The van der Waals surface area contributed by atoms with Crippen molar-refractivity contribution < 1.29 is 23.5 Å². The smallest absolute Gasteiger partial charge is 0.334 e. The molecule has 8 heteroatoms. The highest BCUT2D eigenvalue weighted by Crippen LogP contribution is 2.32. The molecule has 1 aliphatic rings. The third-order valence-corrected chi connectivity index (χ3v) is 3.89. The minimum Gasteiger partial charge on any atom is -0.364 e. The van der Waals surface area contributed by atoms with E-state index in [1.807, 2.05) is 37.3 Å². The zero-order valence-corrected chi connectivity index (χ0v) is 13.9. The lowest BCUT2D eigenvalue weighted by molar-refractivity contribution is -0.193. The average molecular weight is 353 g/mol. The molecule has 1 aromatic rings. The monoisotopic (exact) mass is 353 g/mol. The first-order chi connectivity index (χ1) is 11.9. The maximum Gasteiger partial charge on any atom is 0.334 e. The first-order valence-electron chi connectivity index (χ1n) is 8.11.